The van der Waals surface area contributed by atoms with E-state index in [1.807, 2.05) is 25.1 Å². The number of ether oxygens (including phenoxy) is 1. The van der Waals surface area contributed by atoms with Gasteiger partial charge in [0.05, 0.1) is 6.54 Å². The molecule has 130 valence electrons. The number of nitrogens with zero attached hydrogens (tertiary/aromatic N) is 6. The number of aromatic nitrogens is 5. The first-order valence-electron chi connectivity index (χ1n) is 8.22. The largest absolute Gasteiger partial charge is 0.375 e. The van der Waals surface area contributed by atoms with Crippen LogP contribution in [0.25, 0.3) is 0 Å². The number of imidazole rings is 1. The summed E-state index contributed by atoms with van der Waals surface area (Å²) in [7, 11) is 3.56. The topological polar surface area (TPSA) is 78.1 Å². The summed E-state index contributed by atoms with van der Waals surface area (Å²) in [5.41, 5.74) is 0. The molecule has 0 atom stereocenters. The number of rotatable bonds is 5. The monoisotopic (exact) mass is 332 g/mol. The molecule has 0 N–H and O–H groups in total. The van der Waals surface area contributed by atoms with Crippen molar-refractivity contribution in [3.05, 3.63) is 29.9 Å². The second-order valence-electron chi connectivity index (χ2n) is 6.22. The predicted molar refractivity (Wildman–Crippen MR) is 87.5 cm³/mol. The molecule has 0 bridgehead atoms. The Kier molecular flexibility index (Phi) is 4.94. The number of carbonyl (C=O) groups is 1. The molecular formula is C16H24N6O2. The third kappa shape index (κ3) is 3.33. The van der Waals surface area contributed by atoms with E-state index in [1.54, 1.807) is 13.3 Å². The number of likely N-dealkylation sites (tertiary alicyclic amines) is 1. The van der Waals surface area contributed by atoms with Crippen LogP contribution >= 0.6 is 0 Å². The third-order valence-corrected chi connectivity index (χ3v) is 4.71. The van der Waals surface area contributed by atoms with Crippen LogP contribution in [0.2, 0.25) is 0 Å². The summed E-state index contributed by atoms with van der Waals surface area (Å²) < 4.78 is 9.06. The molecule has 1 saturated heterocycles. The van der Waals surface area contributed by atoms with Gasteiger partial charge in [0.15, 0.2) is 5.82 Å². The number of aryl methyl sites for hydroxylation is 1. The Morgan fingerprint density at radius 3 is 2.71 bits per heavy atom. The summed E-state index contributed by atoms with van der Waals surface area (Å²) in [5.74, 6) is 3.28. The highest BCUT2D eigenvalue weighted by Crippen LogP contribution is 2.27. The van der Waals surface area contributed by atoms with Crippen LogP contribution < -0.4 is 0 Å². The Hall–Kier alpha value is -2.22. The lowest BCUT2D eigenvalue weighted by Crippen LogP contribution is -2.40. The van der Waals surface area contributed by atoms with Gasteiger partial charge >= 0.3 is 0 Å². The first-order chi connectivity index (χ1) is 11.6. The summed E-state index contributed by atoms with van der Waals surface area (Å²) in [6.45, 7) is 4.29. The lowest BCUT2D eigenvalue weighted by molar-refractivity contribution is -0.136. The van der Waals surface area contributed by atoms with Gasteiger partial charge in [0, 0.05) is 45.6 Å². The van der Waals surface area contributed by atoms with E-state index in [0.717, 1.165) is 43.4 Å². The molecule has 2 aromatic heterocycles. The molecular weight excluding hydrogens is 308 g/mol. The Labute approximate surface area is 141 Å². The predicted octanol–water partition coefficient (Wildman–Crippen LogP) is 0.721. The van der Waals surface area contributed by atoms with Crippen molar-refractivity contribution in [2.24, 2.45) is 7.05 Å². The first-order valence-corrected chi connectivity index (χ1v) is 8.22. The summed E-state index contributed by atoms with van der Waals surface area (Å²) in [5, 5.41) is 8.76. The Bertz CT molecular complexity index is 699. The van der Waals surface area contributed by atoms with E-state index in [4.69, 9.17) is 4.74 Å². The number of amides is 1. The molecule has 0 saturated carbocycles. The summed E-state index contributed by atoms with van der Waals surface area (Å²) in [6.07, 6.45) is 5.56. The molecule has 0 aromatic carbocycles. The van der Waals surface area contributed by atoms with Gasteiger partial charge in [0.1, 0.15) is 18.3 Å². The molecule has 0 radical (unpaired) electrons. The molecule has 2 aromatic rings. The van der Waals surface area contributed by atoms with Gasteiger partial charge in [-0.1, -0.05) is 0 Å². The van der Waals surface area contributed by atoms with Crippen molar-refractivity contribution >= 4 is 5.91 Å². The highest BCUT2D eigenvalue weighted by Gasteiger charge is 2.27. The third-order valence-electron chi connectivity index (χ3n) is 4.71. The fourth-order valence-electron chi connectivity index (χ4n) is 3.19. The molecule has 1 fully saturated rings. The molecule has 1 aliphatic rings. The van der Waals surface area contributed by atoms with Crippen molar-refractivity contribution in [2.75, 3.05) is 26.8 Å². The normalized spacial score (nSPS) is 15.9. The standard InChI is InChI=1S/C16H24N6O2/c1-12-17-6-9-22(12)10-14-18-19-16(20(14)2)13-4-7-21(8-5-13)15(23)11-24-3/h6,9,13H,4-5,7-8,10-11H2,1-3H3. The molecule has 3 rings (SSSR count). The van der Waals surface area contributed by atoms with Crippen molar-refractivity contribution in [1.29, 1.82) is 0 Å². The molecule has 8 nitrogen and oxygen atoms in total. The van der Waals surface area contributed by atoms with E-state index < -0.39 is 0 Å². The Morgan fingerprint density at radius 2 is 2.08 bits per heavy atom. The highest BCUT2D eigenvalue weighted by atomic mass is 16.5. The number of piperidine rings is 1. The van der Waals surface area contributed by atoms with E-state index in [-0.39, 0.29) is 12.5 Å². The van der Waals surface area contributed by atoms with Gasteiger partial charge < -0.3 is 18.8 Å². The zero-order valence-electron chi connectivity index (χ0n) is 14.5. The zero-order valence-corrected chi connectivity index (χ0v) is 14.5. The smallest absolute Gasteiger partial charge is 0.248 e. The minimum Gasteiger partial charge on any atom is -0.375 e. The maximum Gasteiger partial charge on any atom is 0.248 e. The maximum absolute atomic E-state index is 11.9. The van der Waals surface area contributed by atoms with Crippen molar-refractivity contribution < 1.29 is 9.53 Å². The van der Waals surface area contributed by atoms with Crippen molar-refractivity contribution in [2.45, 2.75) is 32.2 Å². The van der Waals surface area contributed by atoms with Gasteiger partial charge in [-0.2, -0.15) is 0 Å². The van der Waals surface area contributed by atoms with Crippen molar-refractivity contribution in [3.8, 4) is 0 Å². The molecule has 3 heterocycles. The second-order valence-corrected chi connectivity index (χ2v) is 6.22. The van der Waals surface area contributed by atoms with E-state index in [0.29, 0.717) is 12.5 Å². The minimum atomic E-state index is 0.0604. The molecule has 0 aliphatic carbocycles. The SMILES string of the molecule is COCC(=O)N1CCC(c2nnc(Cn3ccnc3C)n2C)CC1. The van der Waals surface area contributed by atoms with E-state index >= 15 is 0 Å². The number of carbonyl (C=O) groups excluding carboxylic acids is 1. The number of hydrogen-bond donors (Lipinski definition) is 0. The number of hydrogen-bond acceptors (Lipinski definition) is 5. The lowest BCUT2D eigenvalue weighted by atomic mass is 9.96. The van der Waals surface area contributed by atoms with E-state index in [2.05, 4.69) is 24.3 Å². The van der Waals surface area contributed by atoms with Crippen LogP contribution in [0.15, 0.2) is 12.4 Å². The average molecular weight is 332 g/mol. The Balaban J connectivity index is 1.64. The van der Waals surface area contributed by atoms with Crippen LogP contribution in [0, 0.1) is 6.92 Å². The van der Waals surface area contributed by atoms with Gasteiger partial charge in [0.2, 0.25) is 5.91 Å². The fraction of sp³-hybridized carbons (Fsp3) is 0.625. The Morgan fingerprint density at radius 1 is 1.33 bits per heavy atom. The van der Waals surface area contributed by atoms with Crippen LogP contribution in [-0.2, 0) is 23.1 Å². The maximum atomic E-state index is 11.9. The van der Waals surface area contributed by atoms with Crippen LogP contribution in [-0.4, -0.2) is 61.9 Å². The fourth-order valence-corrected chi connectivity index (χ4v) is 3.19. The van der Waals surface area contributed by atoms with Gasteiger partial charge in [-0.15, -0.1) is 10.2 Å². The molecule has 24 heavy (non-hydrogen) atoms. The van der Waals surface area contributed by atoms with E-state index in [1.165, 1.54) is 0 Å². The van der Waals surface area contributed by atoms with Gasteiger partial charge in [-0.05, 0) is 19.8 Å². The van der Waals surface area contributed by atoms with Crippen molar-refractivity contribution in [3.63, 3.8) is 0 Å². The average Bonchev–Trinajstić information content (AvgIpc) is 3.15. The lowest BCUT2D eigenvalue weighted by Gasteiger charge is -2.31. The summed E-state index contributed by atoms with van der Waals surface area (Å²) in [4.78, 5) is 18.0. The van der Waals surface area contributed by atoms with Crippen LogP contribution in [0.4, 0.5) is 0 Å². The molecule has 0 unspecified atom stereocenters. The molecule has 1 amide bonds. The van der Waals surface area contributed by atoms with Crippen LogP contribution in [0.5, 0.6) is 0 Å². The molecule has 8 heteroatoms. The van der Waals surface area contributed by atoms with Gasteiger partial charge in [0.25, 0.3) is 0 Å². The van der Waals surface area contributed by atoms with E-state index in [9.17, 15) is 4.79 Å². The highest BCUT2D eigenvalue weighted by molar-refractivity contribution is 5.77. The van der Waals surface area contributed by atoms with Gasteiger partial charge in [-0.3, -0.25) is 4.79 Å². The van der Waals surface area contributed by atoms with Crippen LogP contribution in [0.1, 0.15) is 36.2 Å². The zero-order chi connectivity index (χ0) is 17.1. The quantitative estimate of drug-likeness (QED) is 0.806. The minimum absolute atomic E-state index is 0.0604. The summed E-state index contributed by atoms with van der Waals surface area (Å²) >= 11 is 0. The van der Waals surface area contributed by atoms with Crippen molar-refractivity contribution in [1.82, 2.24) is 29.2 Å². The van der Waals surface area contributed by atoms with Crippen LogP contribution in [0.3, 0.4) is 0 Å². The molecule has 0 spiro atoms. The first kappa shape index (κ1) is 16.6. The van der Waals surface area contributed by atoms with Gasteiger partial charge in [-0.25, -0.2) is 4.98 Å². The second kappa shape index (κ2) is 7.12. The number of methoxy groups -OCH3 is 1. The summed E-state index contributed by atoms with van der Waals surface area (Å²) in [6, 6.07) is 0. The molecule has 1 aliphatic heterocycles.